The number of anilines is 2. The number of rotatable bonds is 3. The van der Waals surface area contributed by atoms with E-state index in [1.165, 1.54) is 0 Å². The fourth-order valence-corrected chi connectivity index (χ4v) is 3.72. The Morgan fingerprint density at radius 1 is 1.33 bits per heavy atom. The van der Waals surface area contributed by atoms with Gasteiger partial charge in [0.1, 0.15) is 5.82 Å². The minimum absolute atomic E-state index is 0.0363. The number of nitrogens with zero attached hydrogens (tertiary/aromatic N) is 5. The molecule has 0 saturated heterocycles. The van der Waals surface area contributed by atoms with E-state index in [1.807, 2.05) is 36.1 Å². The first-order valence-electron chi connectivity index (χ1n) is 9.04. The van der Waals surface area contributed by atoms with Gasteiger partial charge in [-0.3, -0.25) is 14.5 Å². The van der Waals surface area contributed by atoms with Crippen molar-refractivity contribution in [2.24, 2.45) is 12.1 Å². The maximum Gasteiger partial charge on any atom is 0.219 e. The highest BCUT2D eigenvalue weighted by Crippen LogP contribution is 2.30. The quantitative estimate of drug-likeness (QED) is 0.900. The van der Waals surface area contributed by atoms with Crippen molar-refractivity contribution in [2.45, 2.75) is 25.8 Å². The standard InChI is InChI=1S/C19H23FN6O/c1-12(27)26-7-6-18-15(11-26)19(23-25(18)3)22-17-5-4-13(8-16(17)20)14-9-21-24(2)10-14/h4-5,8-9,14H,6-7,10-11H2,1-3H3,(H,22,23). The molecule has 1 amide bonds. The van der Waals surface area contributed by atoms with E-state index in [-0.39, 0.29) is 17.6 Å². The van der Waals surface area contributed by atoms with Gasteiger partial charge in [0.15, 0.2) is 5.82 Å². The van der Waals surface area contributed by atoms with Crippen molar-refractivity contribution in [3.8, 4) is 0 Å². The molecule has 1 aromatic carbocycles. The number of halogens is 1. The molecule has 142 valence electrons. The number of aromatic nitrogens is 2. The van der Waals surface area contributed by atoms with Crippen LogP contribution in [0, 0.1) is 5.82 Å². The van der Waals surface area contributed by atoms with Gasteiger partial charge in [0.05, 0.1) is 12.2 Å². The monoisotopic (exact) mass is 370 g/mol. The van der Waals surface area contributed by atoms with Crippen LogP contribution in [0.4, 0.5) is 15.9 Å². The van der Waals surface area contributed by atoms with Crippen molar-refractivity contribution >= 4 is 23.6 Å². The zero-order valence-corrected chi connectivity index (χ0v) is 15.7. The highest BCUT2D eigenvalue weighted by atomic mass is 19.1. The van der Waals surface area contributed by atoms with Crippen molar-refractivity contribution in [3.63, 3.8) is 0 Å². The van der Waals surface area contributed by atoms with Crippen LogP contribution in [0.25, 0.3) is 0 Å². The molecule has 2 aliphatic rings. The minimum atomic E-state index is -0.325. The Kier molecular flexibility index (Phi) is 4.33. The molecule has 1 atom stereocenters. The molecule has 4 rings (SSSR count). The number of aryl methyl sites for hydroxylation is 1. The predicted molar refractivity (Wildman–Crippen MR) is 102 cm³/mol. The zero-order chi connectivity index (χ0) is 19.1. The van der Waals surface area contributed by atoms with E-state index in [4.69, 9.17) is 0 Å². The van der Waals surface area contributed by atoms with Crippen LogP contribution in [0.15, 0.2) is 23.3 Å². The summed E-state index contributed by atoms with van der Waals surface area (Å²) in [5.74, 6) is 0.417. The summed E-state index contributed by atoms with van der Waals surface area (Å²) in [5.41, 5.74) is 3.31. The Balaban J connectivity index is 1.58. The average molecular weight is 370 g/mol. The lowest BCUT2D eigenvalue weighted by atomic mass is 10.0. The summed E-state index contributed by atoms with van der Waals surface area (Å²) in [6.07, 6.45) is 2.59. The summed E-state index contributed by atoms with van der Waals surface area (Å²) in [6.45, 7) is 3.49. The zero-order valence-electron chi connectivity index (χ0n) is 15.7. The molecule has 0 spiro atoms. The Morgan fingerprint density at radius 2 is 2.15 bits per heavy atom. The van der Waals surface area contributed by atoms with Crippen molar-refractivity contribution in [3.05, 3.63) is 40.8 Å². The normalized spacial score (nSPS) is 18.7. The van der Waals surface area contributed by atoms with Gasteiger partial charge in [-0.1, -0.05) is 6.07 Å². The third kappa shape index (κ3) is 3.27. The predicted octanol–water partition coefficient (Wildman–Crippen LogP) is 2.22. The van der Waals surface area contributed by atoms with E-state index < -0.39 is 0 Å². The number of hydrogen-bond donors (Lipinski definition) is 1. The third-order valence-electron chi connectivity index (χ3n) is 5.27. The number of fused-ring (bicyclic) bond motifs is 1. The lowest BCUT2D eigenvalue weighted by Gasteiger charge is -2.26. The second-order valence-corrected chi connectivity index (χ2v) is 7.16. The number of likely N-dealkylation sites (N-methyl/N-ethyl adjacent to an activating group) is 1. The van der Waals surface area contributed by atoms with Gasteiger partial charge in [0, 0.05) is 63.9 Å². The fraction of sp³-hybridized carbons (Fsp3) is 0.421. The van der Waals surface area contributed by atoms with Gasteiger partial charge >= 0.3 is 0 Å². The molecule has 8 heteroatoms. The Morgan fingerprint density at radius 3 is 2.81 bits per heavy atom. The molecular formula is C19H23FN6O. The van der Waals surface area contributed by atoms with Crippen molar-refractivity contribution < 1.29 is 9.18 Å². The Bertz CT molecular complexity index is 921. The van der Waals surface area contributed by atoms with Crippen LogP contribution in [-0.2, 0) is 24.8 Å². The third-order valence-corrected chi connectivity index (χ3v) is 5.27. The molecule has 2 aliphatic heterocycles. The van der Waals surface area contributed by atoms with E-state index >= 15 is 0 Å². The lowest BCUT2D eigenvalue weighted by molar-refractivity contribution is -0.129. The van der Waals surface area contributed by atoms with Crippen molar-refractivity contribution in [2.75, 3.05) is 25.5 Å². The summed E-state index contributed by atoms with van der Waals surface area (Å²) in [7, 11) is 3.78. The molecule has 0 radical (unpaired) electrons. The maximum absolute atomic E-state index is 14.7. The highest BCUT2D eigenvalue weighted by molar-refractivity contribution is 5.74. The smallest absolute Gasteiger partial charge is 0.219 e. The SMILES string of the molecule is CC(=O)N1CCc2c(c(Nc3ccc(C4C=NN(C)C4)cc3F)nn2C)C1. The number of benzene rings is 1. The summed E-state index contributed by atoms with van der Waals surface area (Å²) in [4.78, 5) is 13.5. The number of nitrogens with one attached hydrogen (secondary N) is 1. The van der Waals surface area contributed by atoms with Gasteiger partial charge in [-0.15, -0.1) is 0 Å². The van der Waals surface area contributed by atoms with E-state index in [9.17, 15) is 9.18 Å². The average Bonchev–Trinajstić information content (AvgIpc) is 3.20. The number of amides is 1. The van der Waals surface area contributed by atoms with Crippen LogP contribution >= 0.6 is 0 Å². The maximum atomic E-state index is 14.7. The van der Waals surface area contributed by atoms with Gasteiger partial charge in [-0.25, -0.2) is 4.39 Å². The molecule has 2 aromatic rings. The summed E-state index contributed by atoms with van der Waals surface area (Å²) >= 11 is 0. The van der Waals surface area contributed by atoms with Gasteiger partial charge in [-0.05, 0) is 17.7 Å². The summed E-state index contributed by atoms with van der Waals surface area (Å²) < 4.78 is 16.5. The minimum Gasteiger partial charge on any atom is -0.338 e. The number of carbonyl (C=O) groups is 1. The lowest BCUT2D eigenvalue weighted by Crippen LogP contribution is -2.34. The molecule has 0 fully saturated rings. The molecule has 7 nitrogen and oxygen atoms in total. The number of carbonyl (C=O) groups excluding carboxylic acids is 1. The first-order chi connectivity index (χ1) is 12.9. The molecule has 0 saturated carbocycles. The Labute approximate surface area is 157 Å². The van der Waals surface area contributed by atoms with Crippen LogP contribution in [0.3, 0.4) is 0 Å². The molecule has 1 aromatic heterocycles. The molecule has 27 heavy (non-hydrogen) atoms. The molecule has 0 aliphatic carbocycles. The van der Waals surface area contributed by atoms with Crippen molar-refractivity contribution in [1.29, 1.82) is 0 Å². The first kappa shape index (κ1) is 17.5. The number of hydrazone groups is 1. The van der Waals surface area contributed by atoms with Gasteiger partial charge in [-0.2, -0.15) is 10.2 Å². The summed E-state index contributed by atoms with van der Waals surface area (Å²) in [6, 6.07) is 5.21. The van der Waals surface area contributed by atoms with Crippen LogP contribution in [0.2, 0.25) is 0 Å². The molecule has 3 heterocycles. The van der Waals surface area contributed by atoms with Gasteiger partial charge in [0.25, 0.3) is 0 Å². The topological polar surface area (TPSA) is 65.8 Å². The molecule has 1 N–H and O–H groups in total. The van der Waals surface area contributed by atoms with E-state index in [0.29, 0.717) is 24.6 Å². The second kappa shape index (κ2) is 6.68. The second-order valence-electron chi connectivity index (χ2n) is 7.16. The van der Waals surface area contributed by atoms with Crippen LogP contribution in [0.5, 0.6) is 0 Å². The first-order valence-corrected chi connectivity index (χ1v) is 9.04. The van der Waals surface area contributed by atoms with Crippen LogP contribution < -0.4 is 5.32 Å². The summed E-state index contributed by atoms with van der Waals surface area (Å²) in [5, 5.41) is 13.7. The largest absolute Gasteiger partial charge is 0.338 e. The fourth-order valence-electron chi connectivity index (χ4n) is 3.72. The van der Waals surface area contributed by atoms with Crippen molar-refractivity contribution in [1.82, 2.24) is 19.7 Å². The highest BCUT2D eigenvalue weighted by Gasteiger charge is 2.26. The molecule has 0 bridgehead atoms. The van der Waals surface area contributed by atoms with E-state index in [1.54, 1.807) is 24.0 Å². The van der Waals surface area contributed by atoms with Gasteiger partial charge in [0.2, 0.25) is 5.91 Å². The molecule has 1 unspecified atom stereocenters. The molecular weight excluding hydrogens is 347 g/mol. The Hall–Kier alpha value is -2.90. The van der Waals surface area contributed by atoms with Crippen LogP contribution in [0.1, 0.15) is 29.7 Å². The van der Waals surface area contributed by atoms with E-state index in [0.717, 1.165) is 29.8 Å². The van der Waals surface area contributed by atoms with E-state index in [2.05, 4.69) is 15.5 Å². The van der Waals surface area contributed by atoms with Crippen LogP contribution in [-0.4, -0.2) is 51.9 Å². The number of hydrogen-bond acceptors (Lipinski definition) is 5. The van der Waals surface area contributed by atoms with Gasteiger partial charge < -0.3 is 10.2 Å².